The number of rotatable bonds is 5. The summed E-state index contributed by atoms with van der Waals surface area (Å²) in [6.45, 7) is 2.11. The van der Waals surface area contributed by atoms with E-state index in [1.54, 1.807) is 11.7 Å². The number of nitrogens with zero attached hydrogens (tertiary/aromatic N) is 6. The minimum absolute atomic E-state index is 0.707. The maximum Gasteiger partial charge on any atom is 0.215 e. The van der Waals surface area contributed by atoms with Gasteiger partial charge in [-0.05, 0) is 28.6 Å². The summed E-state index contributed by atoms with van der Waals surface area (Å²) in [4.78, 5) is 8.89. The Morgan fingerprint density at radius 2 is 2.22 bits per heavy atom. The molecule has 2 aromatic rings. The molecular weight excluding hydrogens is 250 g/mol. The van der Waals surface area contributed by atoms with Crippen LogP contribution in [-0.2, 0) is 13.5 Å². The minimum Gasteiger partial charge on any atom is -0.373 e. The van der Waals surface area contributed by atoms with Crippen LogP contribution in [0.4, 0.5) is 5.82 Å². The molecule has 0 unspecified atom stereocenters. The molecule has 1 N–H and O–H groups in total. The van der Waals surface area contributed by atoms with Gasteiger partial charge in [0.05, 0.1) is 0 Å². The third-order valence-electron chi connectivity index (χ3n) is 2.26. The molecule has 2 heterocycles. The van der Waals surface area contributed by atoms with Gasteiger partial charge >= 0.3 is 0 Å². The minimum atomic E-state index is 0.707. The fourth-order valence-electron chi connectivity index (χ4n) is 1.39. The van der Waals surface area contributed by atoms with E-state index in [0.717, 1.165) is 29.5 Å². The first-order valence-corrected chi connectivity index (χ1v) is 6.50. The van der Waals surface area contributed by atoms with Gasteiger partial charge in [-0.25, -0.2) is 14.6 Å². The van der Waals surface area contributed by atoms with Gasteiger partial charge in [0, 0.05) is 26.6 Å². The monoisotopic (exact) mass is 265 g/mol. The lowest BCUT2D eigenvalue weighted by molar-refractivity contribution is 0.664. The molecule has 96 valence electrons. The Bertz CT molecular complexity index is 525. The molecule has 8 heteroatoms. The van der Waals surface area contributed by atoms with E-state index in [1.807, 2.05) is 13.1 Å². The van der Waals surface area contributed by atoms with Crippen LogP contribution in [-0.4, -0.2) is 37.2 Å². The first-order chi connectivity index (χ1) is 8.72. The van der Waals surface area contributed by atoms with Gasteiger partial charge in [0.1, 0.15) is 16.7 Å². The molecule has 0 aromatic carbocycles. The lowest BCUT2D eigenvalue weighted by atomic mass is 10.3. The van der Waals surface area contributed by atoms with Crippen molar-refractivity contribution < 1.29 is 0 Å². The van der Waals surface area contributed by atoms with E-state index in [0.29, 0.717) is 5.16 Å². The quantitative estimate of drug-likeness (QED) is 0.812. The van der Waals surface area contributed by atoms with E-state index >= 15 is 0 Å². The summed E-state index contributed by atoms with van der Waals surface area (Å²) >= 11 is 1.43. The van der Waals surface area contributed by atoms with Crippen molar-refractivity contribution in [1.82, 2.24) is 30.2 Å². The summed E-state index contributed by atoms with van der Waals surface area (Å²) in [5.41, 5.74) is 0. The van der Waals surface area contributed by atoms with Crippen molar-refractivity contribution in [2.24, 2.45) is 7.05 Å². The van der Waals surface area contributed by atoms with E-state index in [4.69, 9.17) is 0 Å². The van der Waals surface area contributed by atoms with Crippen molar-refractivity contribution in [3.63, 3.8) is 0 Å². The molecule has 2 rings (SSSR count). The second-order valence-electron chi connectivity index (χ2n) is 3.69. The first-order valence-electron chi connectivity index (χ1n) is 5.69. The smallest absolute Gasteiger partial charge is 0.215 e. The summed E-state index contributed by atoms with van der Waals surface area (Å²) in [7, 11) is 3.64. The second kappa shape index (κ2) is 5.76. The van der Waals surface area contributed by atoms with Crippen LogP contribution in [0, 0.1) is 0 Å². The SMILES string of the molecule is CCCc1nc(NC)cc(Sc2nnnn2C)n1. The van der Waals surface area contributed by atoms with Crippen molar-refractivity contribution in [3.8, 4) is 0 Å². The number of tetrazole rings is 1. The number of nitrogens with one attached hydrogen (secondary N) is 1. The van der Waals surface area contributed by atoms with Crippen LogP contribution < -0.4 is 5.32 Å². The zero-order chi connectivity index (χ0) is 13.0. The number of anilines is 1. The maximum absolute atomic E-state index is 4.49. The second-order valence-corrected chi connectivity index (χ2v) is 4.68. The highest BCUT2D eigenvalue weighted by molar-refractivity contribution is 7.99. The van der Waals surface area contributed by atoms with E-state index < -0.39 is 0 Å². The van der Waals surface area contributed by atoms with Crippen LogP contribution >= 0.6 is 11.8 Å². The highest BCUT2D eigenvalue weighted by atomic mass is 32.2. The summed E-state index contributed by atoms with van der Waals surface area (Å²) in [6.07, 6.45) is 1.88. The molecule has 2 aromatic heterocycles. The summed E-state index contributed by atoms with van der Waals surface area (Å²) in [5, 5.41) is 15.9. The zero-order valence-electron chi connectivity index (χ0n) is 10.6. The lowest BCUT2D eigenvalue weighted by Gasteiger charge is -2.06. The molecule has 18 heavy (non-hydrogen) atoms. The first kappa shape index (κ1) is 12.7. The molecule has 0 saturated carbocycles. The number of hydrogen-bond donors (Lipinski definition) is 1. The van der Waals surface area contributed by atoms with Gasteiger partial charge < -0.3 is 5.32 Å². The van der Waals surface area contributed by atoms with E-state index in [2.05, 4.69) is 37.7 Å². The van der Waals surface area contributed by atoms with Gasteiger partial charge in [0.25, 0.3) is 0 Å². The van der Waals surface area contributed by atoms with Gasteiger partial charge in [0.15, 0.2) is 0 Å². The molecule has 7 nitrogen and oxygen atoms in total. The fraction of sp³-hybridized carbons (Fsp3) is 0.500. The molecule has 0 amide bonds. The van der Waals surface area contributed by atoms with Crippen LogP contribution in [0.3, 0.4) is 0 Å². The fourth-order valence-corrected chi connectivity index (χ4v) is 2.14. The number of aromatic nitrogens is 6. The molecule has 0 radical (unpaired) electrons. The number of hydrogen-bond acceptors (Lipinski definition) is 7. The highest BCUT2D eigenvalue weighted by Crippen LogP contribution is 2.24. The largest absolute Gasteiger partial charge is 0.373 e. The Morgan fingerprint density at radius 1 is 1.39 bits per heavy atom. The lowest BCUT2D eigenvalue weighted by Crippen LogP contribution is -2.01. The predicted molar refractivity (Wildman–Crippen MR) is 68.5 cm³/mol. The zero-order valence-corrected chi connectivity index (χ0v) is 11.4. The van der Waals surface area contributed by atoms with Crippen molar-refractivity contribution >= 4 is 17.6 Å². The van der Waals surface area contributed by atoms with E-state index in [-0.39, 0.29) is 0 Å². The molecule has 0 aliphatic carbocycles. The highest BCUT2D eigenvalue weighted by Gasteiger charge is 2.09. The van der Waals surface area contributed by atoms with Gasteiger partial charge in [-0.3, -0.25) is 0 Å². The van der Waals surface area contributed by atoms with Crippen LogP contribution in [0.5, 0.6) is 0 Å². The van der Waals surface area contributed by atoms with Crippen molar-refractivity contribution in [1.29, 1.82) is 0 Å². The van der Waals surface area contributed by atoms with Gasteiger partial charge in [-0.1, -0.05) is 6.92 Å². The molecule has 0 bridgehead atoms. The normalized spacial score (nSPS) is 10.6. The molecule has 0 spiro atoms. The molecule has 0 aliphatic heterocycles. The van der Waals surface area contributed by atoms with Crippen molar-refractivity contribution in [3.05, 3.63) is 11.9 Å². The molecule has 0 saturated heterocycles. The van der Waals surface area contributed by atoms with Crippen molar-refractivity contribution in [2.45, 2.75) is 29.9 Å². The third-order valence-corrected chi connectivity index (χ3v) is 3.20. The maximum atomic E-state index is 4.49. The summed E-state index contributed by atoms with van der Waals surface area (Å²) in [6, 6.07) is 1.89. The van der Waals surface area contributed by atoms with Gasteiger partial charge in [0.2, 0.25) is 5.16 Å². The summed E-state index contributed by atoms with van der Waals surface area (Å²) in [5.74, 6) is 1.65. The van der Waals surface area contributed by atoms with Crippen LogP contribution in [0.25, 0.3) is 0 Å². The average molecular weight is 265 g/mol. The molecule has 0 atom stereocenters. The standard InChI is InChI=1S/C10H15N7S/c1-4-5-7-12-8(11-2)6-9(13-7)18-10-14-15-16-17(10)3/h6H,4-5H2,1-3H3,(H,11,12,13). The van der Waals surface area contributed by atoms with Crippen LogP contribution in [0.15, 0.2) is 16.2 Å². The van der Waals surface area contributed by atoms with E-state index in [9.17, 15) is 0 Å². The summed E-state index contributed by atoms with van der Waals surface area (Å²) < 4.78 is 1.62. The molecule has 0 aliphatic rings. The Labute approximate surface area is 109 Å². The van der Waals surface area contributed by atoms with Gasteiger partial charge in [-0.2, -0.15) is 0 Å². The van der Waals surface area contributed by atoms with E-state index in [1.165, 1.54) is 11.8 Å². The Hall–Kier alpha value is -1.70. The van der Waals surface area contributed by atoms with Crippen molar-refractivity contribution in [2.75, 3.05) is 12.4 Å². The Kier molecular flexibility index (Phi) is 4.08. The van der Waals surface area contributed by atoms with Crippen LogP contribution in [0.1, 0.15) is 19.2 Å². The third kappa shape index (κ3) is 2.95. The Balaban J connectivity index is 2.26. The number of aryl methyl sites for hydroxylation is 2. The Morgan fingerprint density at radius 3 is 2.83 bits per heavy atom. The molecule has 0 fully saturated rings. The topological polar surface area (TPSA) is 81.4 Å². The van der Waals surface area contributed by atoms with Gasteiger partial charge in [-0.15, -0.1) is 5.10 Å². The predicted octanol–water partition coefficient (Wildman–Crippen LogP) is 1.15. The average Bonchev–Trinajstić information content (AvgIpc) is 2.75. The molecular formula is C10H15N7S. The van der Waals surface area contributed by atoms with Crippen LogP contribution in [0.2, 0.25) is 0 Å².